The van der Waals surface area contributed by atoms with Crippen LogP contribution in [0.2, 0.25) is 0 Å². The van der Waals surface area contributed by atoms with Crippen molar-refractivity contribution in [1.29, 1.82) is 0 Å². The number of hydrogen-bond acceptors (Lipinski definition) is 3. The Morgan fingerprint density at radius 3 is 2.86 bits per heavy atom. The summed E-state index contributed by atoms with van der Waals surface area (Å²) in [5, 5.41) is 4.36. The molecule has 0 saturated carbocycles. The van der Waals surface area contributed by atoms with E-state index < -0.39 is 0 Å². The number of nitrogens with two attached hydrogens (primary N) is 1. The van der Waals surface area contributed by atoms with Crippen LogP contribution in [0, 0.1) is 6.92 Å². The fourth-order valence-corrected chi connectivity index (χ4v) is 1.53. The first-order valence-electron chi connectivity index (χ1n) is 4.76. The van der Waals surface area contributed by atoms with Crippen LogP contribution in [0.4, 0.5) is 0 Å². The third-order valence-corrected chi connectivity index (χ3v) is 2.19. The maximum absolute atomic E-state index is 5.49. The molecule has 1 aromatic heterocycles. The Bertz CT molecular complexity index is 327. The number of hydrazine groups is 1. The van der Waals surface area contributed by atoms with Crippen molar-refractivity contribution in [2.45, 2.75) is 33.4 Å². The molecule has 0 aliphatic rings. The van der Waals surface area contributed by atoms with Gasteiger partial charge in [0.2, 0.25) is 0 Å². The highest BCUT2D eigenvalue weighted by molar-refractivity contribution is 5.21. The van der Waals surface area contributed by atoms with Crippen LogP contribution in [-0.2, 0) is 6.54 Å². The van der Waals surface area contributed by atoms with Crippen molar-refractivity contribution < 1.29 is 0 Å². The van der Waals surface area contributed by atoms with E-state index in [9.17, 15) is 0 Å². The first-order chi connectivity index (χ1) is 6.60. The lowest BCUT2D eigenvalue weighted by Gasteiger charge is -2.16. The van der Waals surface area contributed by atoms with Gasteiger partial charge in [-0.25, -0.2) is 5.43 Å². The minimum Gasteiger partial charge on any atom is -0.271 e. The maximum atomic E-state index is 5.49. The fraction of sp³-hybridized carbons (Fsp3) is 0.500. The van der Waals surface area contributed by atoms with E-state index >= 15 is 0 Å². The Labute approximate surface area is 84.8 Å². The number of rotatable bonds is 4. The van der Waals surface area contributed by atoms with Gasteiger partial charge in [-0.15, -0.1) is 0 Å². The monoisotopic (exact) mass is 194 g/mol. The predicted molar refractivity (Wildman–Crippen MR) is 57.5 cm³/mol. The molecule has 0 aromatic carbocycles. The zero-order chi connectivity index (χ0) is 10.7. The molecule has 4 nitrogen and oxygen atoms in total. The van der Waals surface area contributed by atoms with E-state index in [2.05, 4.69) is 24.0 Å². The standard InChI is InChI=1S/C10H18N4/c1-5-14-9(6-8(4)13-14)10(12-11)7(2)3/h6,10,12H,2,5,11H2,1,3-4H3. The van der Waals surface area contributed by atoms with Crippen LogP contribution >= 0.6 is 0 Å². The molecular weight excluding hydrogens is 176 g/mol. The highest BCUT2D eigenvalue weighted by Gasteiger charge is 2.15. The Kier molecular flexibility index (Phi) is 3.43. The molecule has 1 heterocycles. The van der Waals surface area contributed by atoms with Crippen molar-refractivity contribution in [2.75, 3.05) is 0 Å². The lowest BCUT2D eigenvalue weighted by Crippen LogP contribution is -2.30. The van der Waals surface area contributed by atoms with Crippen molar-refractivity contribution in [3.63, 3.8) is 0 Å². The minimum absolute atomic E-state index is 0.0175. The predicted octanol–water partition coefficient (Wildman–Crippen LogP) is 1.29. The van der Waals surface area contributed by atoms with Crippen molar-refractivity contribution in [2.24, 2.45) is 5.84 Å². The van der Waals surface area contributed by atoms with Gasteiger partial charge in [0, 0.05) is 6.54 Å². The molecule has 1 unspecified atom stereocenters. The van der Waals surface area contributed by atoms with Crippen LogP contribution in [0.5, 0.6) is 0 Å². The molecule has 0 radical (unpaired) electrons. The average molecular weight is 194 g/mol. The molecule has 1 rings (SSSR count). The second kappa shape index (κ2) is 4.39. The fourth-order valence-electron chi connectivity index (χ4n) is 1.53. The van der Waals surface area contributed by atoms with Gasteiger partial charge >= 0.3 is 0 Å². The topological polar surface area (TPSA) is 55.9 Å². The summed E-state index contributed by atoms with van der Waals surface area (Å²) in [6.45, 7) is 10.7. The highest BCUT2D eigenvalue weighted by Crippen LogP contribution is 2.19. The van der Waals surface area contributed by atoms with E-state index in [0.717, 1.165) is 23.5 Å². The second-order valence-corrected chi connectivity index (χ2v) is 3.47. The summed E-state index contributed by atoms with van der Waals surface area (Å²) in [5.74, 6) is 5.49. The van der Waals surface area contributed by atoms with Crippen LogP contribution in [0.3, 0.4) is 0 Å². The van der Waals surface area contributed by atoms with Crippen LogP contribution in [0.25, 0.3) is 0 Å². The smallest absolute Gasteiger partial charge is 0.0833 e. The first kappa shape index (κ1) is 10.9. The molecule has 78 valence electrons. The summed E-state index contributed by atoms with van der Waals surface area (Å²) in [7, 11) is 0. The SMILES string of the molecule is C=C(C)C(NN)c1cc(C)nn1CC. The van der Waals surface area contributed by atoms with Gasteiger partial charge in [0.05, 0.1) is 17.4 Å². The van der Waals surface area contributed by atoms with Crippen molar-refractivity contribution in [1.82, 2.24) is 15.2 Å². The zero-order valence-electron chi connectivity index (χ0n) is 9.04. The quantitative estimate of drug-likeness (QED) is 0.431. The minimum atomic E-state index is -0.0175. The summed E-state index contributed by atoms with van der Waals surface area (Å²) in [6.07, 6.45) is 0. The summed E-state index contributed by atoms with van der Waals surface area (Å²) >= 11 is 0. The third-order valence-electron chi connectivity index (χ3n) is 2.19. The van der Waals surface area contributed by atoms with Crippen LogP contribution < -0.4 is 11.3 Å². The van der Waals surface area contributed by atoms with Crippen molar-refractivity contribution in [3.8, 4) is 0 Å². The Morgan fingerprint density at radius 1 is 1.79 bits per heavy atom. The molecule has 3 N–H and O–H groups in total. The molecule has 0 bridgehead atoms. The third kappa shape index (κ3) is 2.02. The molecule has 1 atom stereocenters. The molecule has 0 spiro atoms. The molecule has 4 heteroatoms. The van der Waals surface area contributed by atoms with E-state index in [-0.39, 0.29) is 6.04 Å². The second-order valence-electron chi connectivity index (χ2n) is 3.47. The Balaban J connectivity index is 3.08. The summed E-state index contributed by atoms with van der Waals surface area (Å²) in [6, 6.07) is 2.01. The van der Waals surface area contributed by atoms with Gasteiger partial charge in [-0.1, -0.05) is 12.2 Å². The maximum Gasteiger partial charge on any atom is 0.0833 e. The van der Waals surface area contributed by atoms with E-state index in [4.69, 9.17) is 5.84 Å². The molecule has 1 aromatic rings. The summed E-state index contributed by atoms with van der Waals surface area (Å²) in [5.41, 5.74) is 5.81. The van der Waals surface area contributed by atoms with Gasteiger partial charge in [0.25, 0.3) is 0 Å². The zero-order valence-corrected chi connectivity index (χ0v) is 9.04. The summed E-state index contributed by atoms with van der Waals surface area (Å²) < 4.78 is 1.94. The molecule has 14 heavy (non-hydrogen) atoms. The lowest BCUT2D eigenvalue weighted by atomic mass is 10.1. The van der Waals surface area contributed by atoms with Crippen molar-refractivity contribution >= 4 is 0 Å². The molecule has 0 saturated heterocycles. The summed E-state index contributed by atoms with van der Waals surface area (Å²) in [4.78, 5) is 0. The average Bonchev–Trinajstić information content (AvgIpc) is 2.47. The number of nitrogens with one attached hydrogen (secondary N) is 1. The Hall–Kier alpha value is -1.13. The van der Waals surface area contributed by atoms with Crippen LogP contribution in [-0.4, -0.2) is 9.78 Å². The first-order valence-corrected chi connectivity index (χ1v) is 4.76. The van der Waals surface area contributed by atoms with Gasteiger partial charge in [0.1, 0.15) is 0 Å². The van der Waals surface area contributed by atoms with E-state index in [1.54, 1.807) is 0 Å². The lowest BCUT2D eigenvalue weighted by molar-refractivity contribution is 0.537. The molecular formula is C10H18N4. The Morgan fingerprint density at radius 2 is 2.43 bits per heavy atom. The van der Waals surface area contributed by atoms with Gasteiger partial charge in [-0.2, -0.15) is 5.10 Å². The largest absolute Gasteiger partial charge is 0.271 e. The molecule has 0 aliphatic carbocycles. The van der Waals surface area contributed by atoms with Gasteiger partial charge in [-0.3, -0.25) is 10.5 Å². The molecule has 0 aliphatic heterocycles. The van der Waals surface area contributed by atoms with Gasteiger partial charge in [-0.05, 0) is 26.8 Å². The number of hydrogen-bond donors (Lipinski definition) is 2. The van der Waals surface area contributed by atoms with E-state index in [1.165, 1.54) is 0 Å². The van der Waals surface area contributed by atoms with E-state index in [0.29, 0.717) is 0 Å². The highest BCUT2D eigenvalue weighted by atomic mass is 15.3. The number of nitrogens with zero attached hydrogens (tertiary/aromatic N) is 2. The van der Waals surface area contributed by atoms with Gasteiger partial charge < -0.3 is 0 Å². The van der Waals surface area contributed by atoms with Gasteiger partial charge in [0.15, 0.2) is 0 Å². The number of aryl methyl sites for hydroxylation is 2. The molecule has 0 fully saturated rings. The van der Waals surface area contributed by atoms with Crippen LogP contribution in [0.15, 0.2) is 18.2 Å². The normalized spacial score (nSPS) is 12.9. The van der Waals surface area contributed by atoms with Crippen LogP contribution in [0.1, 0.15) is 31.3 Å². The number of aromatic nitrogens is 2. The molecule has 0 amide bonds. The van der Waals surface area contributed by atoms with Crippen molar-refractivity contribution in [3.05, 3.63) is 29.6 Å². The van der Waals surface area contributed by atoms with E-state index in [1.807, 2.05) is 24.6 Å².